The van der Waals surface area contributed by atoms with E-state index in [4.69, 9.17) is 5.11 Å². The van der Waals surface area contributed by atoms with Crippen LogP contribution in [0.15, 0.2) is 24.3 Å². The van der Waals surface area contributed by atoms with Crippen molar-refractivity contribution >= 4 is 12.0 Å². The normalized spacial score (nSPS) is 16.9. The Morgan fingerprint density at radius 3 is 2.73 bits per heavy atom. The molecule has 0 aliphatic carbocycles. The fourth-order valence-electron chi connectivity index (χ4n) is 3.26. The van der Waals surface area contributed by atoms with Crippen LogP contribution in [0.1, 0.15) is 44.2 Å². The van der Waals surface area contributed by atoms with Gasteiger partial charge in [0.15, 0.2) is 0 Å². The number of nitrogens with zero attached hydrogens (tertiary/aromatic N) is 2. The quantitative estimate of drug-likeness (QED) is 0.709. The maximum Gasteiger partial charge on any atom is 0.317 e. The molecule has 1 fully saturated rings. The summed E-state index contributed by atoms with van der Waals surface area (Å²) in [4.78, 5) is 27.2. The van der Waals surface area contributed by atoms with Gasteiger partial charge in [-0.05, 0) is 37.1 Å². The van der Waals surface area contributed by atoms with Crippen molar-refractivity contribution in [2.24, 2.45) is 5.92 Å². The number of aliphatic carboxylic acids is 1. The number of likely N-dealkylation sites (tertiary alicyclic amines) is 1. The molecular weight excluding hydrogens is 330 g/mol. The predicted octanol–water partition coefficient (Wildman–Crippen LogP) is 2.92. The first-order valence-corrected chi connectivity index (χ1v) is 9.59. The van der Waals surface area contributed by atoms with Crippen LogP contribution in [-0.2, 0) is 17.9 Å². The zero-order valence-corrected chi connectivity index (χ0v) is 15.9. The van der Waals surface area contributed by atoms with Crippen LogP contribution in [0.2, 0.25) is 0 Å². The van der Waals surface area contributed by atoms with Gasteiger partial charge >= 0.3 is 12.0 Å². The largest absolute Gasteiger partial charge is 0.481 e. The van der Waals surface area contributed by atoms with E-state index in [0.717, 1.165) is 25.2 Å². The second kappa shape index (κ2) is 10.2. The fraction of sp³-hybridized carbons (Fsp3) is 0.600. The van der Waals surface area contributed by atoms with Gasteiger partial charge in [0, 0.05) is 26.2 Å². The van der Waals surface area contributed by atoms with Gasteiger partial charge in [-0.2, -0.15) is 0 Å². The standard InChI is InChI=1S/C20H31N3O3/c1-3-5-10-22(4-2)14-17-8-6-7-16(12-17)13-21-20(26)23-11-9-18(15-23)19(24)25/h6-8,12,18H,3-5,9-11,13-15H2,1-2H3,(H,21,26)(H,24,25). The molecule has 1 heterocycles. The van der Waals surface area contributed by atoms with E-state index < -0.39 is 11.9 Å². The molecule has 26 heavy (non-hydrogen) atoms. The molecule has 2 N–H and O–H groups in total. The molecule has 0 aromatic heterocycles. The van der Waals surface area contributed by atoms with Crippen molar-refractivity contribution in [3.8, 4) is 0 Å². The Kier molecular flexibility index (Phi) is 7.91. The van der Waals surface area contributed by atoms with Crippen LogP contribution in [0.3, 0.4) is 0 Å². The Balaban J connectivity index is 1.84. The molecule has 0 bridgehead atoms. The summed E-state index contributed by atoms with van der Waals surface area (Å²) in [7, 11) is 0. The average molecular weight is 361 g/mol. The summed E-state index contributed by atoms with van der Waals surface area (Å²) >= 11 is 0. The summed E-state index contributed by atoms with van der Waals surface area (Å²) in [6, 6.07) is 8.12. The van der Waals surface area contributed by atoms with Gasteiger partial charge in [-0.3, -0.25) is 9.69 Å². The number of benzene rings is 1. The van der Waals surface area contributed by atoms with Crippen molar-refractivity contribution in [3.05, 3.63) is 35.4 Å². The van der Waals surface area contributed by atoms with Crippen molar-refractivity contribution < 1.29 is 14.7 Å². The molecule has 0 saturated carbocycles. The van der Waals surface area contributed by atoms with Gasteiger partial charge in [0.25, 0.3) is 0 Å². The second-order valence-corrected chi connectivity index (χ2v) is 6.97. The molecule has 1 aromatic rings. The van der Waals surface area contributed by atoms with E-state index >= 15 is 0 Å². The van der Waals surface area contributed by atoms with E-state index in [2.05, 4.69) is 36.2 Å². The number of carboxylic acids is 1. The molecule has 1 aliphatic heterocycles. The van der Waals surface area contributed by atoms with Gasteiger partial charge < -0.3 is 15.3 Å². The topological polar surface area (TPSA) is 72.9 Å². The Labute approximate surface area is 156 Å². The number of carbonyl (C=O) groups excluding carboxylic acids is 1. The third kappa shape index (κ3) is 6.02. The van der Waals surface area contributed by atoms with Gasteiger partial charge in [0.2, 0.25) is 0 Å². The Morgan fingerprint density at radius 2 is 2.08 bits per heavy atom. The number of nitrogens with one attached hydrogen (secondary N) is 1. The van der Waals surface area contributed by atoms with Gasteiger partial charge in [-0.1, -0.05) is 44.5 Å². The Bertz CT molecular complexity index is 606. The molecule has 1 unspecified atom stereocenters. The summed E-state index contributed by atoms with van der Waals surface area (Å²) < 4.78 is 0. The number of carbonyl (C=O) groups is 2. The van der Waals surface area contributed by atoms with Crippen molar-refractivity contribution in [2.45, 2.75) is 46.2 Å². The number of unbranched alkanes of at least 4 members (excludes halogenated alkanes) is 1. The smallest absolute Gasteiger partial charge is 0.317 e. The number of hydrogen-bond acceptors (Lipinski definition) is 3. The molecule has 0 radical (unpaired) electrons. The lowest BCUT2D eigenvalue weighted by Crippen LogP contribution is -2.38. The number of carboxylic acid groups (broad SMARTS) is 1. The van der Waals surface area contributed by atoms with Crippen LogP contribution in [0.25, 0.3) is 0 Å². The van der Waals surface area contributed by atoms with E-state index in [1.54, 1.807) is 4.90 Å². The van der Waals surface area contributed by atoms with Crippen LogP contribution in [0, 0.1) is 5.92 Å². The first-order valence-electron chi connectivity index (χ1n) is 9.59. The lowest BCUT2D eigenvalue weighted by molar-refractivity contribution is -0.141. The Morgan fingerprint density at radius 1 is 1.31 bits per heavy atom. The minimum Gasteiger partial charge on any atom is -0.481 e. The monoisotopic (exact) mass is 361 g/mol. The lowest BCUT2D eigenvalue weighted by Gasteiger charge is -2.20. The summed E-state index contributed by atoms with van der Waals surface area (Å²) in [5, 5.41) is 11.9. The van der Waals surface area contributed by atoms with E-state index in [-0.39, 0.29) is 6.03 Å². The Hall–Kier alpha value is -2.08. The van der Waals surface area contributed by atoms with E-state index in [1.807, 2.05) is 12.1 Å². The molecule has 1 aliphatic rings. The lowest BCUT2D eigenvalue weighted by atomic mass is 10.1. The number of rotatable bonds is 9. The molecule has 1 atom stereocenters. The zero-order chi connectivity index (χ0) is 18.9. The van der Waals surface area contributed by atoms with Crippen molar-refractivity contribution in [2.75, 3.05) is 26.2 Å². The van der Waals surface area contributed by atoms with E-state index in [0.29, 0.717) is 26.1 Å². The molecule has 2 rings (SSSR count). The van der Waals surface area contributed by atoms with Crippen molar-refractivity contribution in [1.82, 2.24) is 15.1 Å². The van der Waals surface area contributed by atoms with Crippen LogP contribution in [0.5, 0.6) is 0 Å². The predicted molar refractivity (Wildman–Crippen MR) is 102 cm³/mol. The van der Waals surface area contributed by atoms with Crippen LogP contribution < -0.4 is 5.32 Å². The average Bonchev–Trinajstić information content (AvgIpc) is 3.14. The summed E-state index contributed by atoms with van der Waals surface area (Å²) in [6.45, 7) is 8.70. The zero-order valence-electron chi connectivity index (χ0n) is 15.9. The third-order valence-corrected chi connectivity index (χ3v) is 4.94. The highest BCUT2D eigenvalue weighted by atomic mass is 16.4. The van der Waals surface area contributed by atoms with Crippen LogP contribution in [-0.4, -0.2) is 53.1 Å². The summed E-state index contributed by atoms with van der Waals surface area (Å²) in [5.41, 5.74) is 2.32. The van der Waals surface area contributed by atoms with Gasteiger partial charge in [-0.15, -0.1) is 0 Å². The molecule has 6 heteroatoms. The van der Waals surface area contributed by atoms with Gasteiger partial charge in [0.1, 0.15) is 0 Å². The maximum atomic E-state index is 12.2. The first kappa shape index (κ1) is 20.2. The molecular formula is C20H31N3O3. The van der Waals surface area contributed by atoms with Crippen LogP contribution >= 0.6 is 0 Å². The van der Waals surface area contributed by atoms with E-state index in [1.165, 1.54) is 18.4 Å². The first-order chi connectivity index (χ1) is 12.5. The highest BCUT2D eigenvalue weighted by Gasteiger charge is 2.30. The SMILES string of the molecule is CCCCN(CC)Cc1cccc(CNC(=O)N2CCC(C(=O)O)C2)c1. The molecule has 1 saturated heterocycles. The summed E-state index contributed by atoms with van der Waals surface area (Å²) in [5.74, 6) is -1.26. The molecule has 6 nitrogen and oxygen atoms in total. The minimum atomic E-state index is -0.823. The van der Waals surface area contributed by atoms with E-state index in [9.17, 15) is 9.59 Å². The number of urea groups is 1. The molecule has 144 valence electrons. The minimum absolute atomic E-state index is 0.183. The third-order valence-electron chi connectivity index (χ3n) is 4.94. The molecule has 2 amide bonds. The maximum absolute atomic E-state index is 12.2. The van der Waals surface area contributed by atoms with Crippen molar-refractivity contribution in [1.29, 1.82) is 0 Å². The highest BCUT2D eigenvalue weighted by Crippen LogP contribution is 2.16. The van der Waals surface area contributed by atoms with Crippen LogP contribution in [0.4, 0.5) is 4.79 Å². The van der Waals surface area contributed by atoms with Gasteiger partial charge in [-0.25, -0.2) is 4.79 Å². The summed E-state index contributed by atoms with van der Waals surface area (Å²) in [6.07, 6.45) is 2.93. The van der Waals surface area contributed by atoms with Gasteiger partial charge in [0.05, 0.1) is 5.92 Å². The fourth-order valence-corrected chi connectivity index (χ4v) is 3.26. The highest BCUT2D eigenvalue weighted by molar-refractivity contribution is 5.77. The number of hydrogen-bond donors (Lipinski definition) is 2. The van der Waals surface area contributed by atoms with Crippen molar-refractivity contribution in [3.63, 3.8) is 0 Å². The number of amides is 2. The second-order valence-electron chi connectivity index (χ2n) is 6.97. The molecule has 1 aromatic carbocycles. The molecule has 0 spiro atoms.